The quantitative estimate of drug-likeness (QED) is 0.438. The number of unbranched alkanes of at least 4 members (excludes halogenated alkanes) is 2. The van der Waals surface area contributed by atoms with Gasteiger partial charge in [0.25, 0.3) is 0 Å². The van der Waals surface area contributed by atoms with Crippen LogP contribution < -0.4 is 0 Å². The largest absolute Gasteiger partial charge is 0.393 e. The average Bonchev–Trinajstić information content (AvgIpc) is 2.92. The molecular formula is C21H40O. The Morgan fingerprint density at radius 3 is 2.32 bits per heavy atom. The summed E-state index contributed by atoms with van der Waals surface area (Å²) in [5, 5.41) is 9.50. The minimum absolute atomic E-state index is 0.0219. The Hall–Kier alpha value is -0.300. The molecule has 0 bridgehead atoms. The second kappa shape index (κ2) is 12.2. The van der Waals surface area contributed by atoms with Crippen LogP contribution >= 0.6 is 0 Å². The molecule has 4 atom stereocenters. The first-order valence-corrected chi connectivity index (χ1v) is 10.0. The van der Waals surface area contributed by atoms with Crippen molar-refractivity contribution >= 4 is 0 Å². The molecule has 130 valence electrons. The van der Waals surface area contributed by atoms with Crippen molar-refractivity contribution < 1.29 is 5.11 Å². The summed E-state index contributed by atoms with van der Waals surface area (Å²) in [6.07, 6.45) is 20.5. The molecular weight excluding hydrogens is 268 g/mol. The Balaban J connectivity index is 0.000000224. The lowest BCUT2D eigenvalue weighted by Crippen LogP contribution is -2.23. The third-order valence-corrected chi connectivity index (χ3v) is 5.56. The Kier molecular flexibility index (Phi) is 10.9. The van der Waals surface area contributed by atoms with Gasteiger partial charge < -0.3 is 5.11 Å². The lowest BCUT2D eigenvalue weighted by atomic mass is 9.84. The number of aliphatic hydroxyl groups excluding tert-OH is 1. The van der Waals surface area contributed by atoms with Crippen molar-refractivity contribution in [2.45, 2.75) is 104 Å². The van der Waals surface area contributed by atoms with Gasteiger partial charge in [0.05, 0.1) is 6.10 Å². The number of rotatable bonds is 6. The summed E-state index contributed by atoms with van der Waals surface area (Å²) in [6, 6.07) is 0. The summed E-state index contributed by atoms with van der Waals surface area (Å²) in [7, 11) is 0. The van der Waals surface area contributed by atoms with Gasteiger partial charge in [0.2, 0.25) is 0 Å². The summed E-state index contributed by atoms with van der Waals surface area (Å²) < 4.78 is 0. The Morgan fingerprint density at radius 1 is 0.955 bits per heavy atom. The molecule has 0 saturated heterocycles. The summed E-state index contributed by atoms with van der Waals surface area (Å²) in [5.41, 5.74) is 0. The molecule has 0 heterocycles. The van der Waals surface area contributed by atoms with Crippen molar-refractivity contribution in [3.05, 3.63) is 12.2 Å². The molecule has 0 spiro atoms. The molecule has 1 N–H and O–H groups in total. The van der Waals surface area contributed by atoms with Crippen molar-refractivity contribution in [2.75, 3.05) is 0 Å². The highest BCUT2D eigenvalue weighted by Gasteiger charge is 2.21. The van der Waals surface area contributed by atoms with Crippen LogP contribution in [0.5, 0.6) is 0 Å². The first-order chi connectivity index (χ1) is 10.7. The molecule has 2 saturated carbocycles. The van der Waals surface area contributed by atoms with E-state index in [1.807, 2.05) is 0 Å². The fraction of sp³-hybridized carbons (Fsp3) is 0.905. The van der Waals surface area contributed by atoms with Crippen LogP contribution in [0, 0.1) is 17.8 Å². The van der Waals surface area contributed by atoms with Gasteiger partial charge in [-0.2, -0.15) is 0 Å². The zero-order valence-corrected chi connectivity index (χ0v) is 15.4. The molecule has 0 aliphatic heterocycles. The molecule has 0 amide bonds. The Bertz CT molecular complexity index is 282. The normalized spacial score (nSPS) is 32.0. The van der Waals surface area contributed by atoms with Crippen LogP contribution in [0.4, 0.5) is 0 Å². The Labute approximate surface area is 139 Å². The minimum Gasteiger partial charge on any atom is -0.393 e. The van der Waals surface area contributed by atoms with Crippen LogP contribution in [0.3, 0.4) is 0 Å². The lowest BCUT2D eigenvalue weighted by molar-refractivity contribution is 0.0650. The second-order valence-electron chi connectivity index (χ2n) is 7.54. The van der Waals surface area contributed by atoms with E-state index >= 15 is 0 Å². The van der Waals surface area contributed by atoms with Gasteiger partial charge in [-0.05, 0) is 49.9 Å². The highest BCUT2D eigenvalue weighted by Crippen LogP contribution is 2.32. The average molecular weight is 309 g/mol. The van der Waals surface area contributed by atoms with Crippen molar-refractivity contribution in [2.24, 2.45) is 17.8 Å². The molecule has 0 aromatic rings. The predicted octanol–water partition coefficient (Wildman–Crippen LogP) is 6.51. The van der Waals surface area contributed by atoms with E-state index in [1.54, 1.807) is 0 Å². The molecule has 1 heteroatoms. The molecule has 2 fully saturated rings. The molecule has 1 nitrogen and oxygen atoms in total. The van der Waals surface area contributed by atoms with Gasteiger partial charge in [0, 0.05) is 0 Å². The summed E-state index contributed by atoms with van der Waals surface area (Å²) in [4.78, 5) is 0. The topological polar surface area (TPSA) is 20.2 Å². The molecule has 0 radical (unpaired) electrons. The van der Waals surface area contributed by atoms with Crippen LogP contribution in [0.15, 0.2) is 12.2 Å². The monoisotopic (exact) mass is 308 g/mol. The number of allylic oxidation sites excluding steroid dienone is 2. The molecule has 2 aliphatic rings. The van der Waals surface area contributed by atoms with Gasteiger partial charge in [0.1, 0.15) is 0 Å². The van der Waals surface area contributed by atoms with E-state index in [1.165, 1.54) is 70.6 Å². The molecule has 22 heavy (non-hydrogen) atoms. The van der Waals surface area contributed by atoms with Crippen LogP contribution in [0.2, 0.25) is 0 Å². The van der Waals surface area contributed by atoms with E-state index < -0.39 is 0 Å². The highest BCUT2D eigenvalue weighted by atomic mass is 16.3. The highest BCUT2D eigenvalue weighted by molar-refractivity contribution is 4.93. The van der Waals surface area contributed by atoms with Crippen molar-refractivity contribution in [1.82, 2.24) is 0 Å². The van der Waals surface area contributed by atoms with Gasteiger partial charge in [-0.25, -0.2) is 0 Å². The zero-order valence-electron chi connectivity index (χ0n) is 15.4. The molecule has 2 rings (SSSR count). The fourth-order valence-electron chi connectivity index (χ4n) is 3.95. The van der Waals surface area contributed by atoms with E-state index in [9.17, 15) is 5.11 Å². The molecule has 0 aromatic heterocycles. The molecule has 3 unspecified atom stereocenters. The van der Waals surface area contributed by atoms with Crippen LogP contribution in [0.25, 0.3) is 0 Å². The van der Waals surface area contributed by atoms with Crippen molar-refractivity contribution in [3.8, 4) is 0 Å². The van der Waals surface area contributed by atoms with Gasteiger partial charge in [-0.3, -0.25) is 0 Å². The first kappa shape index (κ1) is 19.7. The fourth-order valence-corrected chi connectivity index (χ4v) is 3.95. The van der Waals surface area contributed by atoms with E-state index in [2.05, 4.69) is 32.9 Å². The third kappa shape index (κ3) is 7.81. The maximum atomic E-state index is 9.50. The minimum atomic E-state index is 0.0219. The molecule has 2 aliphatic carbocycles. The van der Waals surface area contributed by atoms with Crippen LogP contribution in [-0.4, -0.2) is 11.2 Å². The van der Waals surface area contributed by atoms with E-state index in [4.69, 9.17) is 0 Å². The third-order valence-electron chi connectivity index (χ3n) is 5.56. The SMILES string of the molecule is CCCC/C=C/C1CCC[C@H]1C.CCCC1CCCCC1O. The van der Waals surface area contributed by atoms with E-state index in [0.29, 0.717) is 5.92 Å². The predicted molar refractivity (Wildman–Crippen MR) is 98.0 cm³/mol. The van der Waals surface area contributed by atoms with Gasteiger partial charge in [0.15, 0.2) is 0 Å². The summed E-state index contributed by atoms with van der Waals surface area (Å²) >= 11 is 0. The van der Waals surface area contributed by atoms with Crippen LogP contribution in [-0.2, 0) is 0 Å². The summed E-state index contributed by atoms with van der Waals surface area (Å²) in [6.45, 7) is 6.84. The maximum Gasteiger partial charge on any atom is 0.0568 e. The van der Waals surface area contributed by atoms with Gasteiger partial charge in [-0.15, -0.1) is 0 Å². The zero-order chi connectivity index (χ0) is 16.2. The van der Waals surface area contributed by atoms with Crippen LogP contribution in [0.1, 0.15) is 97.8 Å². The van der Waals surface area contributed by atoms with E-state index in [-0.39, 0.29) is 6.10 Å². The number of hydrogen-bond donors (Lipinski definition) is 1. The maximum absolute atomic E-state index is 9.50. The lowest BCUT2D eigenvalue weighted by Gasteiger charge is -2.26. The standard InChI is InChI=1S/C12H22.C9H18O/c1-3-4-5-6-9-12-10-7-8-11(12)2;1-2-5-8-6-3-4-7-9(8)10/h6,9,11-12H,3-5,7-8,10H2,1-2H3;8-10H,2-7H2,1H3/b9-6+;/t11-,12?;/m1./s1. The number of hydrogen-bond acceptors (Lipinski definition) is 1. The summed E-state index contributed by atoms with van der Waals surface area (Å²) in [5.74, 6) is 2.48. The smallest absolute Gasteiger partial charge is 0.0568 e. The molecule has 0 aromatic carbocycles. The van der Waals surface area contributed by atoms with Crippen molar-refractivity contribution in [3.63, 3.8) is 0 Å². The van der Waals surface area contributed by atoms with Crippen molar-refractivity contribution in [1.29, 1.82) is 0 Å². The van der Waals surface area contributed by atoms with E-state index in [0.717, 1.165) is 18.3 Å². The van der Waals surface area contributed by atoms with Gasteiger partial charge in [-0.1, -0.05) is 77.9 Å². The Morgan fingerprint density at radius 2 is 1.73 bits per heavy atom. The van der Waals surface area contributed by atoms with Gasteiger partial charge >= 0.3 is 0 Å². The first-order valence-electron chi connectivity index (χ1n) is 10.0. The second-order valence-corrected chi connectivity index (χ2v) is 7.54. The number of aliphatic hydroxyl groups is 1.